The van der Waals surface area contributed by atoms with Gasteiger partial charge in [0.2, 0.25) is 5.91 Å². The van der Waals surface area contributed by atoms with Crippen LogP contribution in [0.15, 0.2) is 54.6 Å². The van der Waals surface area contributed by atoms with Crippen molar-refractivity contribution in [1.82, 2.24) is 10.2 Å². The molecule has 4 rings (SSSR count). The van der Waals surface area contributed by atoms with Gasteiger partial charge >= 0.3 is 0 Å². The summed E-state index contributed by atoms with van der Waals surface area (Å²) in [5, 5.41) is 14.1. The number of piperidine rings is 1. The molecule has 0 bridgehead atoms. The standard InChI is InChI=1S/C23H25FN2O3/c1-23(29)13-14-26(22(28)17-7-8-17)19(15-5-3-2-4-6-15)20(23)25-21(27)16-9-11-18(24)12-10-16/h2-6,9-12,17,19-20,29H,7-8,13-14H2,1H3,(H,25,27). The van der Waals surface area contributed by atoms with E-state index in [4.69, 9.17) is 0 Å². The molecule has 2 fully saturated rings. The van der Waals surface area contributed by atoms with Crippen LogP contribution in [0.2, 0.25) is 0 Å². The molecule has 1 aliphatic heterocycles. The van der Waals surface area contributed by atoms with Crippen LogP contribution < -0.4 is 5.32 Å². The van der Waals surface area contributed by atoms with Crippen molar-refractivity contribution in [3.63, 3.8) is 0 Å². The minimum absolute atomic E-state index is 0.0395. The number of benzene rings is 2. The van der Waals surface area contributed by atoms with E-state index in [2.05, 4.69) is 5.32 Å². The minimum Gasteiger partial charge on any atom is -0.388 e. The van der Waals surface area contributed by atoms with E-state index in [1.165, 1.54) is 24.3 Å². The molecule has 2 aliphatic rings. The lowest BCUT2D eigenvalue weighted by molar-refractivity contribution is -0.144. The number of carbonyl (C=O) groups excluding carboxylic acids is 2. The van der Waals surface area contributed by atoms with Crippen LogP contribution in [0.25, 0.3) is 0 Å². The van der Waals surface area contributed by atoms with Gasteiger partial charge in [-0.05, 0) is 56.0 Å². The van der Waals surface area contributed by atoms with Crippen molar-refractivity contribution in [2.24, 2.45) is 5.92 Å². The van der Waals surface area contributed by atoms with E-state index in [1.54, 1.807) is 11.8 Å². The summed E-state index contributed by atoms with van der Waals surface area (Å²) in [6, 6.07) is 13.6. The van der Waals surface area contributed by atoms with Crippen LogP contribution in [-0.4, -0.2) is 40.0 Å². The van der Waals surface area contributed by atoms with Gasteiger partial charge in [-0.1, -0.05) is 30.3 Å². The Bertz CT molecular complexity index is 894. The van der Waals surface area contributed by atoms with E-state index in [-0.39, 0.29) is 11.8 Å². The predicted molar refractivity (Wildman–Crippen MR) is 107 cm³/mol. The van der Waals surface area contributed by atoms with Gasteiger partial charge in [0.15, 0.2) is 0 Å². The van der Waals surface area contributed by atoms with Crippen molar-refractivity contribution in [3.05, 3.63) is 71.5 Å². The Balaban J connectivity index is 1.68. The fourth-order valence-electron chi connectivity index (χ4n) is 4.06. The first kappa shape index (κ1) is 19.6. The molecule has 1 heterocycles. The number of carbonyl (C=O) groups is 2. The number of aliphatic hydroxyl groups is 1. The van der Waals surface area contributed by atoms with Gasteiger partial charge in [-0.2, -0.15) is 0 Å². The molecule has 1 saturated carbocycles. The number of nitrogens with one attached hydrogen (secondary N) is 1. The van der Waals surface area contributed by atoms with Crippen LogP contribution in [-0.2, 0) is 4.79 Å². The summed E-state index contributed by atoms with van der Waals surface area (Å²) in [5.74, 6) is -0.709. The van der Waals surface area contributed by atoms with E-state index in [9.17, 15) is 19.1 Å². The van der Waals surface area contributed by atoms with Gasteiger partial charge in [0.1, 0.15) is 5.82 Å². The summed E-state index contributed by atoms with van der Waals surface area (Å²) in [7, 11) is 0. The van der Waals surface area contributed by atoms with Crippen LogP contribution in [0.1, 0.15) is 48.1 Å². The highest BCUT2D eigenvalue weighted by Gasteiger charge is 2.49. The number of halogens is 1. The van der Waals surface area contributed by atoms with Crippen molar-refractivity contribution in [3.8, 4) is 0 Å². The van der Waals surface area contributed by atoms with Crippen LogP contribution in [0.3, 0.4) is 0 Å². The number of hydrogen-bond acceptors (Lipinski definition) is 3. The molecule has 5 nitrogen and oxygen atoms in total. The molecule has 2 aromatic rings. The topological polar surface area (TPSA) is 69.6 Å². The van der Waals surface area contributed by atoms with Gasteiger partial charge in [-0.25, -0.2) is 4.39 Å². The normalized spacial score (nSPS) is 26.8. The lowest BCUT2D eigenvalue weighted by Crippen LogP contribution is -2.63. The summed E-state index contributed by atoms with van der Waals surface area (Å²) in [4.78, 5) is 27.7. The molecule has 29 heavy (non-hydrogen) atoms. The first-order chi connectivity index (χ1) is 13.9. The van der Waals surface area contributed by atoms with E-state index >= 15 is 0 Å². The van der Waals surface area contributed by atoms with Gasteiger partial charge < -0.3 is 15.3 Å². The average Bonchev–Trinajstić information content (AvgIpc) is 3.55. The molecule has 0 radical (unpaired) electrons. The number of rotatable bonds is 4. The van der Waals surface area contributed by atoms with E-state index < -0.39 is 29.4 Å². The van der Waals surface area contributed by atoms with Crippen LogP contribution >= 0.6 is 0 Å². The second kappa shape index (κ2) is 7.59. The van der Waals surface area contributed by atoms with E-state index in [0.717, 1.165) is 18.4 Å². The largest absolute Gasteiger partial charge is 0.388 e. The summed E-state index contributed by atoms with van der Waals surface area (Å²) in [6.45, 7) is 2.13. The summed E-state index contributed by atoms with van der Waals surface area (Å²) in [5.41, 5.74) is -0.0261. The Morgan fingerprint density at radius 3 is 2.38 bits per heavy atom. The molecule has 0 spiro atoms. The zero-order valence-corrected chi connectivity index (χ0v) is 16.3. The van der Waals surface area contributed by atoms with Crippen LogP contribution in [0, 0.1) is 11.7 Å². The highest BCUT2D eigenvalue weighted by atomic mass is 19.1. The molecule has 6 heteroatoms. The van der Waals surface area contributed by atoms with Gasteiger partial charge in [0, 0.05) is 18.0 Å². The second-order valence-electron chi connectivity index (χ2n) is 8.23. The maximum absolute atomic E-state index is 13.2. The summed E-state index contributed by atoms with van der Waals surface area (Å²) < 4.78 is 13.2. The molecule has 2 amide bonds. The highest BCUT2D eigenvalue weighted by Crippen LogP contribution is 2.41. The Morgan fingerprint density at radius 2 is 1.76 bits per heavy atom. The number of hydrogen-bond donors (Lipinski definition) is 2. The molecule has 152 valence electrons. The number of likely N-dealkylation sites (tertiary alicyclic amines) is 1. The molecular weight excluding hydrogens is 371 g/mol. The number of amides is 2. The maximum Gasteiger partial charge on any atom is 0.251 e. The van der Waals surface area contributed by atoms with Gasteiger partial charge in [-0.15, -0.1) is 0 Å². The molecule has 3 unspecified atom stereocenters. The van der Waals surface area contributed by atoms with Crippen molar-refractivity contribution in [2.45, 2.75) is 43.9 Å². The van der Waals surface area contributed by atoms with Crippen molar-refractivity contribution >= 4 is 11.8 Å². The second-order valence-corrected chi connectivity index (χ2v) is 8.23. The molecule has 3 atom stereocenters. The fraction of sp³-hybridized carbons (Fsp3) is 0.391. The van der Waals surface area contributed by atoms with Crippen LogP contribution in [0.4, 0.5) is 4.39 Å². The minimum atomic E-state index is -1.20. The lowest BCUT2D eigenvalue weighted by atomic mass is 9.79. The fourth-order valence-corrected chi connectivity index (χ4v) is 4.06. The SMILES string of the molecule is CC1(O)CCN(C(=O)C2CC2)C(c2ccccc2)C1NC(=O)c1ccc(F)cc1. The Hall–Kier alpha value is -2.73. The molecule has 1 saturated heterocycles. The van der Waals surface area contributed by atoms with Gasteiger partial charge in [0.05, 0.1) is 17.7 Å². The van der Waals surface area contributed by atoms with Crippen LogP contribution in [0.5, 0.6) is 0 Å². The average molecular weight is 396 g/mol. The van der Waals surface area contributed by atoms with E-state index in [0.29, 0.717) is 18.5 Å². The Morgan fingerprint density at radius 1 is 1.10 bits per heavy atom. The first-order valence-electron chi connectivity index (χ1n) is 10.0. The monoisotopic (exact) mass is 396 g/mol. The smallest absolute Gasteiger partial charge is 0.251 e. The molecular formula is C23H25FN2O3. The summed E-state index contributed by atoms with van der Waals surface area (Å²) in [6.07, 6.45) is 2.14. The van der Waals surface area contributed by atoms with E-state index in [1.807, 2.05) is 30.3 Å². The van der Waals surface area contributed by atoms with Gasteiger partial charge in [0.25, 0.3) is 5.91 Å². The van der Waals surface area contributed by atoms with Crippen molar-refractivity contribution in [2.75, 3.05) is 6.54 Å². The third-order valence-electron chi connectivity index (χ3n) is 5.92. The maximum atomic E-state index is 13.2. The quantitative estimate of drug-likeness (QED) is 0.835. The van der Waals surface area contributed by atoms with Crippen molar-refractivity contribution in [1.29, 1.82) is 0 Å². The highest BCUT2D eigenvalue weighted by molar-refractivity contribution is 5.94. The molecule has 2 aromatic carbocycles. The zero-order valence-electron chi connectivity index (χ0n) is 16.3. The van der Waals surface area contributed by atoms with Crippen molar-refractivity contribution < 1.29 is 19.1 Å². The molecule has 0 aromatic heterocycles. The number of nitrogens with zero attached hydrogens (tertiary/aromatic N) is 1. The first-order valence-corrected chi connectivity index (χ1v) is 10.0. The van der Waals surface area contributed by atoms with Gasteiger partial charge in [-0.3, -0.25) is 9.59 Å². The predicted octanol–water partition coefficient (Wildman–Crippen LogP) is 3.06. The summed E-state index contributed by atoms with van der Waals surface area (Å²) >= 11 is 0. The zero-order chi connectivity index (χ0) is 20.6. The molecule has 2 N–H and O–H groups in total. The third kappa shape index (κ3) is 4.03. The Kier molecular flexibility index (Phi) is 5.13. The lowest BCUT2D eigenvalue weighted by Gasteiger charge is -2.49. The third-order valence-corrected chi connectivity index (χ3v) is 5.92. The Labute approximate surface area is 169 Å². The molecule has 1 aliphatic carbocycles.